The number of rotatable bonds is 6. The third kappa shape index (κ3) is 3.52. The molecule has 5 rings (SSSR count). The molecule has 2 amide bonds. The van der Waals surface area contributed by atoms with Crippen molar-refractivity contribution in [3.8, 4) is 5.75 Å². The Morgan fingerprint density at radius 3 is 2.74 bits per heavy atom. The topological polar surface area (TPSA) is 105 Å². The van der Waals surface area contributed by atoms with E-state index in [4.69, 9.17) is 9.73 Å². The minimum atomic E-state index is -0.267. The van der Waals surface area contributed by atoms with Crippen LogP contribution >= 0.6 is 0 Å². The van der Waals surface area contributed by atoms with E-state index in [1.807, 2.05) is 12.1 Å². The Labute approximate surface area is 180 Å². The average molecular weight is 419 g/mol. The molecule has 2 saturated carbocycles. The quantitative estimate of drug-likeness (QED) is 0.659. The van der Waals surface area contributed by atoms with Gasteiger partial charge in [0.05, 0.1) is 29.7 Å². The molecule has 8 nitrogen and oxygen atoms in total. The van der Waals surface area contributed by atoms with Gasteiger partial charge in [-0.3, -0.25) is 14.6 Å². The number of nitrogens with zero attached hydrogens (tertiary/aromatic N) is 2. The van der Waals surface area contributed by atoms with Crippen molar-refractivity contribution in [3.05, 3.63) is 35.5 Å². The highest BCUT2D eigenvalue weighted by molar-refractivity contribution is 6.03. The van der Waals surface area contributed by atoms with Gasteiger partial charge in [0, 0.05) is 42.4 Å². The van der Waals surface area contributed by atoms with Gasteiger partial charge in [0.15, 0.2) is 0 Å². The van der Waals surface area contributed by atoms with Crippen molar-refractivity contribution < 1.29 is 14.3 Å². The summed E-state index contributed by atoms with van der Waals surface area (Å²) in [5.74, 6) is 1.22. The largest absolute Gasteiger partial charge is 0.494 e. The van der Waals surface area contributed by atoms with Crippen LogP contribution in [0.3, 0.4) is 0 Å². The van der Waals surface area contributed by atoms with Crippen molar-refractivity contribution in [1.82, 2.24) is 10.3 Å². The predicted octanol–water partition coefficient (Wildman–Crippen LogP) is 3.90. The van der Waals surface area contributed by atoms with E-state index in [-0.39, 0.29) is 17.7 Å². The van der Waals surface area contributed by atoms with Crippen LogP contribution in [0.2, 0.25) is 0 Å². The lowest BCUT2D eigenvalue weighted by atomic mass is 9.96. The van der Waals surface area contributed by atoms with Crippen molar-refractivity contribution >= 4 is 40.4 Å². The standard InChI is InChI=1S/C23H25N5O3/c1-24-23(30)14-11-25-19(28-22(29)12-6-7-12)10-18(14)27-17-9-8-16-20(21(17)31-2)13-4-3-5-15(13)26-16/h8-13H,3-7H2,1-2H3,(H,24,30)(H2,25,27,28,29). The number of fused-ring (bicyclic) bond motifs is 3. The maximum Gasteiger partial charge on any atom is 0.254 e. The summed E-state index contributed by atoms with van der Waals surface area (Å²) < 4.78 is 5.81. The van der Waals surface area contributed by atoms with Crippen LogP contribution in [-0.2, 0) is 4.79 Å². The lowest BCUT2D eigenvalue weighted by Crippen LogP contribution is -2.20. The van der Waals surface area contributed by atoms with E-state index >= 15 is 0 Å². The molecule has 3 aliphatic rings. The Kier molecular flexibility index (Phi) is 4.84. The maximum absolute atomic E-state index is 12.4. The van der Waals surface area contributed by atoms with Gasteiger partial charge in [0.2, 0.25) is 5.91 Å². The molecule has 1 aliphatic heterocycles. The fourth-order valence-corrected chi connectivity index (χ4v) is 4.43. The number of carbonyl (C=O) groups excluding carboxylic acids is 2. The number of nitrogens with one attached hydrogen (secondary N) is 3. The summed E-state index contributed by atoms with van der Waals surface area (Å²) >= 11 is 0. The van der Waals surface area contributed by atoms with Crippen LogP contribution in [0.1, 0.15) is 53.9 Å². The van der Waals surface area contributed by atoms with E-state index < -0.39 is 0 Å². The summed E-state index contributed by atoms with van der Waals surface area (Å²) in [6.07, 6.45) is 6.53. The minimum Gasteiger partial charge on any atom is -0.494 e. The van der Waals surface area contributed by atoms with Crippen molar-refractivity contribution in [2.45, 2.75) is 38.0 Å². The zero-order valence-corrected chi connectivity index (χ0v) is 17.6. The van der Waals surface area contributed by atoms with Crippen LogP contribution < -0.4 is 20.7 Å². The highest BCUT2D eigenvalue weighted by atomic mass is 16.5. The lowest BCUT2D eigenvalue weighted by molar-refractivity contribution is -0.117. The zero-order chi connectivity index (χ0) is 21.5. The molecular formula is C23H25N5O3. The molecule has 0 saturated heterocycles. The number of aliphatic imine (C=N–C) groups is 1. The number of benzene rings is 1. The molecule has 1 unspecified atom stereocenters. The highest BCUT2D eigenvalue weighted by Gasteiger charge is 2.35. The molecule has 2 aromatic rings. The smallest absolute Gasteiger partial charge is 0.254 e. The SMILES string of the molecule is CNC(=O)c1cnc(NC(=O)C2CC2)cc1Nc1ccc2c(c1OC)C1CCCC1=N2. The molecule has 2 fully saturated rings. The normalized spacial score (nSPS) is 18.6. The molecule has 1 aromatic carbocycles. The average Bonchev–Trinajstić information content (AvgIpc) is 3.43. The monoisotopic (exact) mass is 419 g/mol. The van der Waals surface area contributed by atoms with E-state index in [1.54, 1.807) is 20.2 Å². The molecule has 0 bridgehead atoms. The van der Waals surface area contributed by atoms with Gasteiger partial charge in [-0.2, -0.15) is 0 Å². The minimum absolute atomic E-state index is 0.0350. The molecule has 0 spiro atoms. The Hall–Kier alpha value is -3.42. The lowest BCUT2D eigenvalue weighted by Gasteiger charge is -2.19. The molecule has 2 aliphatic carbocycles. The molecular weight excluding hydrogens is 394 g/mol. The van der Waals surface area contributed by atoms with E-state index in [0.29, 0.717) is 23.0 Å². The first-order valence-corrected chi connectivity index (χ1v) is 10.7. The Bertz CT molecular complexity index is 1110. The Balaban J connectivity index is 1.51. The predicted molar refractivity (Wildman–Crippen MR) is 119 cm³/mol. The molecule has 2 heterocycles. The van der Waals surface area contributed by atoms with Gasteiger partial charge in [0.25, 0.3) is 5.91 Å². The number of hydrogen-bond acceptors (Lipinski definition) is 6. The van der Waals surface area contributed by atoms with Gasteiger partial charge in [-0.15, -0.1) is 0 Å². The first kappa shape index (κ1) is 19.5. The van der Waals surface area contributed by atoms with Crippen molar-refractivity contribution in [2.75, 3.05) is 24.8 Å². The fourth-order valence-electron chi connectivity index (χ4n) is 4.43. The third-order valence-electron chi connectivity index (χ3n) is 6.16. The highest BCUT2D eigenvalue weighted by Crippen LogP contribution is 2.51. The number of anilines is 3. The third-order valence-corrected chi connectivity index (χ3v) is 6.16. The van der Waals surface area contributed by atoms with Crippen LogP contribution in [0, 0.1) is 5.92 Å². The summed E-state index contributed by atoms with van der Waals surface area (Å²) in [6.45, 7) is 0. The van der Waals surface area contributed by atoms with Gasteiger partial charge in [-0.05, 0) is 44.2 Å². The first-order valence-electron chi connectivity index (χ1n) is 10.7. The van der Waals surface area contributed by atoms with Crippen molar-refractivity contribution in [3.63, 3.8) is 0 Å². The van der Waals surface area contributed by atoms with Crippen LogP contribution in [0.25, 0.3) is 0 Å². The van der Waals surface area contributed by atoms with E-state index in [2.05, 4.69) is 20.9 Å². The molecule has 1 aromatic heterocycles. The van der Waals surface area contributed by atoms with Gasteiger partial charge >= 0.3 is 0 Å². The van der Waals surface area contributed by atoms with Crippen molar-refractivity contribution in [1.29, 1.82) is 0 Å². The van der Waals surface area contributed by atoms with Gasteiger partial charge in [0.1, 0.15) is 11.6 Å². The van der Waals surface area contributed by atoms with Crippen LogP contribution in [-0.4, -0.2) is 36.7 Å². The van der Waals surface area contributed by atoms with Crippen LogP contribution in [0.5, 0.6) is 5.75 Å². The molecule has 160 valence electrons. The second-order valence-electron chi connectivity index (χ2n) is 8.21. The summed E-state index contributed by atoms with van der Waals surface area (Å²) in [5, 5.41) is 8.83. The molecule has 8 heteroatoms. The second kappa shape index (κ2) is 7.68. The number of amides is 2. The van der Waals surface area contributed by atoms with Crippen LogP contribution in [0.15, 0.2) is 29.4 Å². The maximum atomic E-state index is 12.4. The van der Waals surface area contributed by atoms with Gasteiger partial charge in [-0.25, -0.2) is 4.98 Å². The van der Waals surface area contributed by atoms with E-state index in [9.17, 15) is 9.59 Å². The first-order chi connectivity index (χ1) is 15.1. The number of pyridine rings is 1. The van der Waals surface area contributed by atoms with Crippen LogP contribution in [0.4, 0.5) is 22.9 Å². The van der Waals surface area contributed by atoms with Gasteiger partial charge < -0.3 is 20.7 Å². The van der Waals surface area contributed by atoms with Crippen molar-refractivity contribution in [2.24, 2.45) is 10.9 Å². The summed E-state index contributed by atoms with van der Waals surface area (Å²) in [7, 11) is 3.23. The summed E-state index contributed by atoms with van der Waals surface area (Å²) in [5.41, 5.74) is 4.97. The number of carbonyl (C=O) groups is 2. The fraction of sp³-hybridized carbons (Fsp3) is 0.391. The molecule has 0 radical (unpaired) electrons. The Morgan fingerprint density at radius 2 is 2.00 bits per heavy atom. The number of ether oxygens (including phenoxy) is 1. The number of hydrogen-bond donors (Lipinski definition) is 3. The molecule has 31 heavy (non-hydrogen) atoms. The number of methoxy groups -OCH3 is 1. The Morgan fingerprint density at radius 1 is 1.16 bits per heavy atom. The molecule has 3 N–H and O–H groups in total. The van der Waals surface area contributed by atoms with E-state index in [1.165, 1.54) is 11.9 Å². The summed E-state index contributed by atoms with van der Waals surface area (Å²) in [4.78, 5) is 33.7. The van der Waals surface area contributed by atoms with E-state index in [0.717, 1.165) is 54.8 Å². The second-order valence-corrected chi connectivity index (χ2v) is 8.21. The van der Waals surface area contributed by atoms with Gasteiger partial charge in [-0.1, -0.05) is 0 Å². The zero-order valence-electron chi connectivity index (χ0n) is 17.6. The molecule has 1 atom stereocenters. The summed E-state index contributed by atoms with van der Waals surface area (Å²) in [6, 6.07) is 5.59. The number of aromatic nitrogens is 1.